The van der Waals surface area contributed by atoms with Crippen LogP contribution in [0.25, 0.3) is 11.0 Å². The predicted molar refractivity (Wildman–Crippen MR) is 108 cm³/mol. The minimum Gasteiger partial charge on any atom is -0.393 e. The summed E-state index contributed by atoms with van der Waals surface area (Å²) in [6.45, 7) is 3.27. The molecule has 2 atom stereocenters. The average molecular weight is 372 g/mol. The van der Waals surface area contributed by atoms with Gasteiger partial charge in [-0.05, 0) is 12.5 Å². The van der Waals surface area contributed by atoms with Crippen LogP contribution < -0.4 is 11.1 Å². The van der Waals surface area contributed by atoms with Gasteiger partial charge in [-0.3, -0.25) is 0 Å². The number of benzene rings is 1. The van der Waals surface area contributed by atoms with E-state index in [0.717, 1.165) is 34.6 Å². The fourth-order valence-corrected chi connectivity index (χ4v) is 4.06. The van der Waals surface area contributed by atoms with Gasteiger partial charge in [0.2, 0.25) is 0 Å². The van der Waals surface area contributed by atoms with Crippen molar-refractivity contribution in [2.45, 2.75) is 25.3 Å². The van der Waals surface area contributed by atoms with Gasteiger partial charge in [0.25, 0.3) is 0 Å². The molecule has 138 valence electrons. The van der Waals surface area contributed by atoms with Crippen molar-refractivity contribution in [1.82, 2.24) is 20.3 Å². The molecule has 0 fully saturated rings. The fourth-order valence-electron chi connectivity index (χ4n) is 2.81. The van der Waals surface area contributed by atoms with Gasteiger partial charge in [0.05, 0.1) is 11.6 Å². The first-order chi connectivity index (χ1) is 12.6. The molecule has 0 aliphatic heterocycles. The first-order valence-electron chi connectivity index (χ1n) is 8.72. The number of aromatic nitrogens is 3. The van der Waals surface area contributed by atoms with Crippen molar-refractivity contribution in [2.75, 3.05) is 18.0 Å². The minimum atomic E-state index is -0.355. The van der Waals surface area contributed by atoms with Crippen molar-refractivity contribution in [3.05, 3.63) is 54.0 Å². The fraction of sp³-hybridized carbons (Fsp3) is 0.368. The number of nitrogens with one attached hydrogen (secondary N) is 2. The maximum absolute atomic E-state index is 10.1. The zero-order chi connectivity index (χ0) is 18.4. The summed E-state index contributed by atoms with van der Waals surface area (Å²) in [5.41, 5.74) is 9.83. The number of aliphatic hydroxyl groups excluding tert-OH is 1. The third-order valence-electron chi connectivity index (χ3n) is 4.42. The van der Waals surface area contributed by atoms with E-state index in [2.05, 4.69) is 44.5 Å². The standard InChI is InChI=1S/C19H25N5OS/c1-13(25)16(11-26-10-14-5-3-2-4-6-14)8-21-7-15-9-22-18-17(15)23-12-24-19(18)20/h2-6,9,12-13,16,21-22,25H,7-8,10-11H2,1H3,(H2,20,23,24)/t13-,16?/m1/s1. The molecule has 26 heavy (non-hydrogen) atoms. The molecule has 3 rings (SSSR count). The summed E-state index contributed by atoms with van der Waals surface area (Å²) in [4.78, 5) is 11.4. The summed E-state index contributed by atoms with van der Waals surface area (Å²) in [5, 5.41) is 13.5. The molecule has 7 heteroatoms. The quantitative estimate of drug-likeness (QED) is 0.461. The van der Waals surface area contributed by atoms with Crippen molar-refractivity contribution in [1.29, 1.82) is 0 Å². The summed E-state index contributed by atoms with van der Waals surface area (Å²) >= 11 is 1.85. The Balaban J connectivity index is 1.49. The number of nitrogen functional groups attached to an aromatic ring is 1. The van der Waals surface area contributed by atoms with E-state index in [1.165, 1.54) is 11.9 Å². The van der Waals surface area contributed by atoms with Gasteiger partial charge in [-0.25, -0.2) is 9.97 Å². The second-order valence-electron chi connectivity index (χ2n) is 6.43. The van der Waals surface area contributed by atoms with Gasteiger partial charge in [0.15, 0.2) is 5.82 Å². The number of nitrogens with zero attached hydrogens (tertiary/aromatic N) is 2. The number of hydrogen-bond acceptors (Lipinski definition) is 6. The molecule has 0 saturated heterocycles. The number of H-pyrrole nitrogens is 1. The smallest absolute Gasteiger partial charge is 0.151 e. The van der Waals surface area contributed by atoms with E-state index < -0.39 is 0 Å². The zero-order valence-corrected chi connectivity index (χ0v) is 15.7. The van der Waals surface area contributed by atoms with Crippen molar-refractivity contribution in [2.24, 2.45) is 5.92 Å². The Bertz CT molecular complexity index is 821. The molecule has 0 saturated carbocycles. The van der Waals surface area contributed by atoms with Crippen LogP contribution in [0.1, 0.15) is 18.1 Å². The van der Waals surface area contributed by atoms with Gasteiger partial charge < -0.3 is 21.1 Å². The maximum atomic E-state index is 10.1. The molecule has 0 radical (unpaired) electrons. The minimum absolute atomic E-state index is 0.189. The molecule has 0 aliphatic rings. The molecule has 0 bridgehead atoms. The Morgan fingerprint density at radius 3 is 2.85 bits per heavy atom. The second kappa shape index (κ2) is 9.02. The van der Waals surface area contributed by atoms with E-state index in [9.17, 15) is 5.11 Å². The van der Waals surface area contributed by atoms with Crippen LogP contribution >= 0.6 is 11.8 Å². The summed E-state index contributed by atoms with van der Waals surface area (Å²) < 4.78 is 0. The average Bonchev–Trinajstić information content (AvgIpc) is 3.06. The van der Waals surface area contributed by atoms with Crippen LogP contribution in [0.3, 0.4) is 0 Å². The Morgan fingerprint density at radius 2 is 2.08 bits per heavy atom. The zero-order valence-electron chi connectivity index (χ0n) is 14.9. The van der Waals surface area contributed by atoms with Crippen LogP contribution in [-0.2, 0) is 12.3 Å². The summed E-state index contributed by atoms with van der Waals surface area (Å²) in [5.74, 6) is 2.51. The lowest BCUT2D eigenvalue weighted by molar-refractivity contribution is 0.136. The third-order valence-corrected chi connectivity index (χ3v) is 5.62. The Labute approximate surface area is 157 Å². The lowest BCUT2D eigenvalue weighted by Crippen LogP contribution is -2.31. The van der Waals surface area contributed by atoms with Gasteiger partial charge in [0, 0.05) is 42.3 Å². The van der Waals surface area contributed by atoms with E-state index in [-0.39, 0.29) is 12.0 Å². The van der Waals surface area contributed by atoms with Crippen molar-refractivity contribution < 1.29 is 5.11 Å². The molecule has 0 amide bonds. The first-order valence-corrected chi connectivity index (χ1v) is 9.87. The van der Waals surface area contributed by atoms with Crippen LogP contribution in [0, 0.1) is 5.92 Å². The van der Waals surface area contributed by atoms with E-state index in [1.807, 2.05) is 30.9 Å². The van der Waals surface area contributed by atoms with E-state index in [4.69, 9.17) is 5.73 Å². The molecule has 1 aromatic carbocycles. The number of nitrogens with two attached hydrogens (primary N) is 1. The van der Waals surface area contributed by atoms with E-state index >= 15 is 0 Å². The molecule has 5 N–H and O–H groups in total. The van der Waals surface area contributed by atoms with Crippen molar-refractivity contribution >= 4 is 28.6 Å². The number of anilines is 1. The van der Waals surface area contributed by atoms with Gasteiger partial charge in [-0.2, -0.15) is 11.8 Å². The first kappa shape index (κ1) is 18.7. The van der Waals surface area contributed by atoms with Gasteiger partial charge in [0.1, 0.15) is 11.8 Å². The summed E-state index contributed by atoms with van der Waals surface area (Å²) in [7, 11) is 0. The highest BCUT2D eigenvalue weighted by atomic mass is 32.2. The molecule has 2 aromatic heterocycles. The topological polar surface area (TPSA) is 99.8 Å². The van der Waals surface area contributed by atoms with Crippen LogP contribution in [0.2, 0.25) is 0 Å². The van der Waals surface area contributed by atoms with Gasteiger partial charge in [-0.15, -0.1) is 0 Å². The van der Waals surface area contributed by atoms with Crippen LogP contribution in [0.15, 0.2) is 42.9 Å². The Kier molecular flexibility index (Phi) is 6.49. The van der Waals surface area contributed by atoms with Gasteiger partial charge in [-0.1, -0.05) is 30.3 Å². The highest BCUT2D eigenvalue weighted by Gasteiger charge is 2.15. The molecule has 0 aliphatic carbocycles. The monoisotopic (exact) mass is 371 g/mol. The van der Waals surface area contributed by atoms with E-state index in [0.29, 0.717) is 12.4 Å². The lowest BCUT2D eigenvalue weighted by Gasteiger charge is -2.20. The second-order valence-corrected chi connectivity index (χ2v) is 7.46. The molecule has 2 heterocycles. The molecule has 0 spiro atoms. The SMILES string of the molecule is C[C@@H](O)C(CNCc1c[nH]c2c(N)ncnc12)CSCc1ccccc1. The number of hydrogen-bond donors (Lipinski definition) is 4. The lowest BCUT2D eigenvalue weighted by atomic mass is 10.1. The predicted octanol–water partition coefficient (Wildman–Crippen LogP) is 2.56. The molecule has 6 nitrogen and oxygen atoms in total. The highest BCUT2D eigenvalue weighted by Crippen LogP contribution is 2.20. The number of thioether (sulfide) groups is 1. The Hall–Kier alpha value is -2.09. The highest BCUT2D eigenvalue weighted by molar-refractivity contribution is 7.98. The maximum Gasteiger partial charge on any atom is 0.151 e. The Morgan fingerprint density at radius 1 is 1.27 bits per heavy atom. The molecular formula is C19H25N5OS. The van der Waals surface area contributed by atoms with Crippen LogP contribution in [0.5, 0.6) is 0 Å². The largest absolute Gasteiger partial charge is 0.393 e. The number of rotatable bonds is 9. The third kappa shape index (κ3) is 4.75. The summed E-state index contributed by atoms with van der Waals surface area (Å²) in [6.07, 6.45) is 3.03. The summed E-state index contributed by atoms with van der Waals surface area (Å²) in [6, 6.07) is 10.4. The van der Waals surface area contributed by atoms with Crippen molar-refractivity contribution in [3.8, 4) is 0 Å². The number of aromatic amines is 1. The molecular weight excluding hydrogens is 346 g/mol. The number of fused-ring (bicyclic) bond motifs is 1. The van der Waals surface area contributed by atoms with E-state index in [1.54, 1.807) is 0 Å². The van der Waals surface area contributed by atoms with Gasteiger partial charge >= 0.3 is 0 Å². The van der Waals surface area contributed by atoms with Crippen LogP contribution in [0.4, 0.5) is 5.82 Å². The molecule has 1 unspecified atom stereocenters. The van der Waals surface area contributed by atoms with Crippen molar-refractivity contribution in [3.63, 3.8) is 0 Å². The normalized spacial score (nSPS) is 13.8. The molecule has 3 aromatic rings. The van der Waals surface area contributed by atoms with Crippen LogP contribution in [-0.4, -0.2) is 38.5 Å². The number of aliphatic hydroxyl groups is 1.